The molecule has 3 N–H and O–H groups in total. The van der Waals surface area contributed by atoms with Crippen molar-refractivity contribution >= 4 is 35.2 Å². The van der Waals surface area contributed by atoms with Crippen LogP contribution in [-0.2, 0) is 11.8 Å². The number of aryl methyl sites for hydroxylation is 1. The van der Waals surface area contributed by atoms with Gasteiger partial charge in [-0.1, -0.05) is 6.07 Å². The largest absolute Gasteiger partial charge is 0.394 e. The first-order valence-electron chi connectivity index (χ1n) is 9.52. The van der Waals surface area contributed by atoms with Crippen LogP contribution in [0.4, 0.5) is 22.1 Å². The van der Waals surface area contributed by atoms with E-state index in [1.165, 1.54) is 20.5 Å². The zero-order valence-corrected chi connectivity index (χ0v) is 16.9. The highest BCUT2D eigenvalue weighted by Gasteiger charge is 2.46. The maximum atomic E-state index is 12.8. The Bertz CT molecular complexity index is 1030. The normalized spacial score (nSPS) is 20.2. The fourth-order valence-electron chi connectivity index (χ4n) is 3.53. The maximum absolute atomic E-state index is 12.8. The monoisotopic (exact) mass is 413 g/mol. The number of carbonyl (C=O) groups is 3. The summed E-state index contributed by atoms with van der Waals surface area (Å²) >= 11 is 0. The van der Waals surface area contributed by atoms with Crippen LogP contribution in [0.1, 0.15) is 24.3 Å². The molecule has 2 fully saturated rings. The molecular formula is C19H23N7O4. The number of nitrogens with one attached hydrogen (secondary N) is 2. The van der Waals surface area contributed by atoms with Crippen LogP contribution in [0.3, 0.4) is 0 Å². The second-order valence-electron chi connectivity index (χ2n) is 8.09. The van der Waals surface area contributed by atoms with Gasteiger partial charge in [0.2, 0.25) is 5.91 Å². The molecule has 0 aromatic carbocycles. The molecule has 0 radical (unpaired) electrons. The molecule has 4 amide bonds. The lowest BCUT2D eigenvalue weighted by Crippen LogP contribution is -2.59. The first-order valence-corrected chi connectivity index (χ1v) is 9.52. The van der Waals surface area contributed by atoms with Crippen LogP contribution >= 0.6 is 0 Å². The van der Waals surface area contributed by atoms with Crippen LogP contribution in [0.5, 0.6) is 0 Å². The van der Waals surface area contributed by atoms with Crippen molar-refractivity contribution in [3.8, 4) is 0 Å². The summed E-state index contributed by atoms with van der Waals surface area (Å²) in [4.78, 5) is 44.4. The Morgan fingerprint density at radius 1 is 1.33 bits per heavy atom. The first kappa shape index (κ1) is 19.8. The Labute approximate surface area is 172 Å². The van der Waals surface area contributed by atoms with Gasteiger partial charge in [0.1, 0.15) is 17.2 Å². The summed E-state index contributed by atoms with van der Waals surface area (Å²) in [5.41, 5.74) is 0.0628. The van der Waals surface area contributed by atoms with E-state index in [9.17, 15) is 19.5 Å². The average Bonchev–Trinajstić information content (AvgIpc) is 3.27. The second kappa shape index (κ2) is 7.10. The summed E-state index contributed by atoms with van der Waals surface area (Å²) in [5, 5.41) is 18.9. The van der Waals surface area contributed by atoms with E-state index in [0.717, 1.165) is 0 Å². The lowest BCUT2D eigenvalue weighted by molar-refractivity contribution is -0.132. The number of hydrogen-bond donors (Lipinski definition) is 3. The van der Waals surface area contributed by atoms with Crippen LogP contribution in [0.15, 0.2) is 24.4 Å². The highest BCUT2D eigenvalue weighted by molar-refractivity contribution is 6.09. The van der Waals surface area contributed by atoms with Crippen molar-refractivity contribution in [2.75, 3.05) is 34.8 Å². The number of urea groups is 1. The van der Waals surface area contributed by atoms with Gasteiger partial charge in [-0.2, -0.15) is 5.10 Å². The Balaban J connectivity index is 1.53. The highest BCUT2D eigenvalue weighted by atomic mass is 16.3. The summed E-state index contributed by atoms with van der Waals surface area (Å²) in [6.07, 6.45) is 1.62. The summed E-state index contributed by atoms with van der Waals surface area (Å²) in [5.74, 6) is 0.144. The quantitative estimate of drug-likeness (QED) is 0.605. The number of hydrogen-bond acceptors (Lipinski definition) is 6. The molecule has 0 unspecified atom stereocenters. The number of nitrogens with zero attached hydrogens (tertiary/aromatic N) is 5. The van der Waals surface area contributed by atoms with Crippen molar-refractivity contribution < 1.29 is 19.5 Å². The minimum absolute atomic E-state index is 0.0599. The number of aliphatic hydroxyl groups excluding tert-OH is 1. The van der Waals surface area contributed by atoms with E-state index in [2.05, 4.69) is 20.7 Å². The SMILES string of the molecule is Cn1cc(NC(=O)c2cccc(N3C[C@@H](CO)NC3=O)n2)c(N2CC(C)(C)C2=O)n1. The number of amides is 4. The third kappa shape index (κ3) is 3.36. The molecule has 4 rings (SSSR count). The molecule has 0 bridgehead atoms. The molecular weight excluding hydrogens is 390 g/mol. The molecule has 158 valence electrons. The molecule has 1 atom stereocenters. The van der Waals surface area contributed by atoms with E-state index in [1.807, 2.05) is 13.8 Å². The van der Waals surface area contributed by atoms with E-state index in [0.29, 0.717) is 23.9 Å². The minimum atomic E-state index is -0.489. The number of pyridine rings is 1. The fraction of sp³-hybridized carbons (Fsp3) is 0.421. The maximum Gasteiger partial charge on any atom is 0.323 e. The topological polar surface area (TPSA) is 133 Å². The number of carbonyl (C=O) groups excluding carboxylic acids is 3. The zero-order valence-electron chi connectivity index (χ0n) is 16.9. The summed E-state index contributed by atoms with van der Waals surface area (Å²) in [6.45, 7) is 4.30. The Morgan fingerprint density at radius 3 is 2.73 bits per heavy atom. The summed E-state index contributed by atoms with van der Waals surface area (Å²) in [6, 6.07) is 4.01. The van der Waals surface area contributed by atoms with Gasteiger partial charge in [-0.25, -0.2) is 9.78 Å². The lowest BCUT2D eigenvalue weighted by Gasteiger charge is -2.43. The molecule has 0 spiro atoms. The molecule has 4 heterocycles. The molecule has 0 saturated carbocycles. The standard InChI is InChI=1S/C19H23N7O4/c1-19(2)10-26(17(19)29)15-13(8-24(3)23-15)22-16(28)12-5-4-6-14(21-12)25-7-11(9-27)20-18(25)30/h4-6,8,11,27H,7,9-10H2,1-3H3,(H,20,30)(H,22,28)/t11-/m0/s1. The number of anilines is 3. The van der Waals surface area contributed by atoms with Crippen molar-refractivity contribution in [3.63, 3.8) is 0 Å². The lowest BCUT2D eigenvalue weighted by atomic mass is 9.83. The van der Waals surface area contributed by atoms with Gasteiger partial charge in [-0.3, -0.25) is 24.1 Å². The van der Waals surface area contributed by atoms with Crippen LogP contribution in [0.2, 0.25) is 0 Å². The Kier molecular flexibility index (Phi) is 4.69. The Morgan fingerprint density at radius 2 is 2.10 bits per heavy atom. The second-order valence-corrected chi connectivity index (χ2v) is 8.09. The number of aliphatic hydroxyl groups is 1. The number of rotatable bonds is 5. The van der Waals surface area contributed by atoms with E-state index in [1.54, 1.807) is 25.4 Å². The molecule has 0 aliphatic carbocycles. The van der Waals surface area contributed by atoms with Gasteiger partial charge in [-0.15, -0.1) is 0 Å². The highest BCUT2D eigenvalue weighted by Crippen LogP contribution is 2.37. The van der Waals surface area contributed by atoms with Crippen molar-refractivity contribution in [3.05, 3.63) is 30.1 Å². The smallest absolute Gasteiger partial charge is 0.323 e. The molecule has 2 saturated heterocycles. The predicted octanol–water partition coefficient (Wildman–Crippen LogP) is 0.331. The zero-order chi connectivity index (χ0) is 21.6. The van der Waals surface area contributed by atoms with Gasteiger partial charge >= 0.3 is 6.03 Å². The minimum Gasteiger partial charge on any atom is -0.394 e. The predicted molar refractivity (Wildman–Crippen MR) is 108 cm³/mol. The van der Waals surface area contributed by atoms with Crippen molar-refractivity contribution in [1.29, 1.82) is 0 Å². The average molecular weight is 413 g/mol. The molecule has 2 aromatic rings. The summed E-state index contributed by atoms with van der Waals surface area (Å²) in [7, 11) is 1.71. The molecule has 2 aromatic heterocycles. The van der Waals surface area contributed by atoms with Crippen LogP contribution < -0.4 is 20.4 Å². The molecule has 11 heteroatoms. The number of aromatic nitrogens is 3. The van der Waals surface area contributed by atoms with E-state index >= 15 is 0 Å². The van der Waals surface area contributed by atoms with Crippen LogP contribution in [0, 0.1) is 5.41 Å². The third-order valence-electron chi connectivity index (χ3n) is 5.13. The third-order valence-corrected chi connectivity index (χ3v) is 5.13. The van der Waals surface area contributed by atoms with Crippen molar-refractivity contribution in [1.82, 2.24) is 20.1 Å². The van der Waals surface area contributed by atoms with Crippen molar-refractivity contribution in [2.45, 2.75) is 19.9 Å². The fourth-order valence-corrected chi connectivity index (χ4v) is 3.53. The van der Waals surface area contributed by atoms with Gasteiger partial charge in [0.05, 0.1) is 30.8 Å². The first-order chi connectivity index (χ1) is 14.2. The van der Waals surface area contributed by atoms with Gasteiger partial charge in [-0.05, 0) is 26.0 Å². The van der Waals surface area contributed by atoms with Gasteiger partial charge < -0.3 is 15.7 Å². The molecule has 2 aliphatic heterocycles. The van der Waals surface area contributed by atoms with Crippen molar-refractivity contribution in [2.24, 2.45) is 12.5 Å². The van der Waals surface area contributed by atoms with E-state index in [4.69, 9.17) is 0 Å². The van der Waals surface area contributed by atoms with Gasteiger partial charge in [0.25, 0.3) is 5.91 Å². The van der Waals surface area contributed by atoms with E-state index < -0.39 is 11.3 Å². The summed E-state index contributed by atoms with van der Waals surface area (Å²) < 4.78 is 1.52. The van der Waals surface area contributed by atoms with Gasteiger partial charge in [0, 0.05) is 13.6 Å². The number of β-lactam (4-membered cyclic amide) rings is 1. The van der Waals surface area contributed by atoms with Gasteiger partial charge in [0.15, 0.2) is 5.82 Å². The Hall–Kier alpha value is -3.47. The molecule has 30 heavy (non-hydrogen) atoms. The van der Waals surface area contributed by atoms with E-state index in [-0.39, 0.29) is 36.8 Å². The molecule has 11 nitrogen and oxygen atoms in total. The molecule has 2 aliphatic rings. The van der Waals surface area contributed by atoms with Crippen LogP contribution in [0.25, 0.3) is 0 Å². The van der Waals surface area contributed by atoms with Crippen LogP contribution in [-0.4, -0.2) is 63.5 Å².